The van der Waals surface area contributed by atoms with Crippen LogP contribution in [0.3, 0.4) is 0 Å². The third-order valence-corrected chi connectivity index (χ3v) is 4.40. The molecule has 0 atom stereocenters. The first-order valence-corrected chi connectivity index (χ1v) is 8.13. The predicted molar refractivity (Wildman–Crippen MR) is 87.1 cm³/mol. The van der Waals surface area contributed by atoms with Crippen molar-refractivity contribution in [2.75, 3.05) is 0 Å². The van der Waals surface area contributed by atoms with Crippen LogP contribution in [-0.2, 0) is 12.3 Å². The van der Waals surface area contributed by atoms with Gasteiger partial charge in [0.2, 0.25) is 0 Å². The third-order valence-electron chi connectivity index (χ3n) is 3.36. The molecule has 0 amide bonds. The van der Waals surface area contributed by atoms with Gasteiger partial charge in [-0.1, -0.05) is 54.2 Å². The quantitative estimate of drug-likeness (QED) is 0.654. The van der Waals surface area contributed by atoms with E-state index in [1.807, 2.05) is 35.8 Å². The monoisotopic (exact) mass is 313 g/mol. The average molecular weight is 313 g/mol. The summed E-state index contributed by atoms with van der Waals surface area (Å²) in [5.41, 5.74) is 1.72. The van der Waals surface area contributed by atoms with Crippen LogP contribution in [0.15, 0.2) is 59.8 Å². The van der Waals surface area contributed by atoms with Crippen LogP contribution >= 0.6 is 11.8 Å². The van der Waals surface area contributed by atoms with Crippen molar-refractivity contribution in [3.8, 4) is 11.4 Å². The van der Waals surface area contributed by atoms with E-state index in [2.05, 4.69) is 22.3 Å². The van der Waals surface area contributed by atoms with Crippen molar-refractivity contribution < 1.29 is 4.39 Å². The molecule has 22 heavy (non-hydrogen) atoms. The Hall–Kier alpha value is -2.14. The van der Waals surface area contributed by atoms with Gasteiger partial charge in [0, 0.05) is 12.3 Å². The van der Waals surface area contributed by atoms with Gasteiger partial charge in [0.25, 0.3) is 0 Å². The Kier molecular flexibility index (Phi) is 4.53. The summed E-state index contributed by atoms with van der Waals surface area (Å²) in [5.74, 6) is 1.12. The molecular formula is C17H16FN3S. The Morgan fingerprint density at radius 3 is 2.45 bits per heavy atom. The lowest BCUT2D eigenvalue weighted by atomic mass is 10.2. The molecule has 3 aromatic rings. The molecular weight excluding hydrogens is 297 g/mol. The van der Waals surface area contributed by atoms with Crippen LogP contribution in [0.1, 0.15) is 12.5 Å². The molecule has 0 N–H and O–H groups in total. The van der Waals surface area contributed by atoms with Crippen molar-refractivity contribution in [1.29, 1.82) is 0 Å². The van der Waals surface area contributed by atoms with Gasteiger partial charge < -0.3 is 4.57 Å². The highest BCUT2D eigenvalue weighted by Gasteiger charge is 2.15. The van der Waals surface area contributed by atoms with E-state index < -0.39 is 0 Å². The zero-order chi connectivity index (χ0) is 15.4. The minimum Gasteiger partial charge on any atom is -0.302 e. The van der Waals surface area contributed by atoms with Gasteiger partial charge in [-0.25, -0.2) is 4.39 Å². The van der Waals surface area contributed by atoms with Crippen molar-refractivity contribution >= 4 is 11.8 Å². The molecule has 0 bridgehead atoms. The highest BCUT2D eigenvalue weighted by molar-refractivity contribution is 7.98. The molecule has 5 heteroatoms. The van der Waals surface area contributed by atoms with Gasteiger partial charge in [-0.3, -0.25) is 0 Å². The lowest BCUT2D eigenvalue weighted by Crippen LogP contribution is -2.01. The number of hydrogen-bond donors (Lipinski definition) is 0. The molecule has 112 valence electrons. The summed E-state index contributed by atoms with van der Waals surface area (Å²) in [5, 5.41) is 9.22. The molecule has 1 heterocycles. The van der Waals surface area contributed by atoms with Crippen LogP contribution in [0, 0.1) is 5.82 Å². The van der Waals surface area contributed by atoms with Crippen molar-refractivity contribution in [2.45, 2.75) is 24.4 Å². The highest BCUT2D eigenvalue weighted by atomic mass is 32.2. The van der Waals surface area contributed by atoms with Gasteiger partial charge in [0.1, 0.15) is 5.82 Å². The Morgan fingerprint density at radius 1 is 1.00 bits per heavy atom. The number of halogens is 1. The fourth-order valence-corrected chi connectivity index (χ4v) is 3.20. The van der Waals surface area contributed by atoms with E-state index in [1.54, 1.807) is 23.9 Å². The largest absolute Gasteiger partial charge is 0.302 e. The molecule has 0 saturated heterocycles. The second kappa shape index (κ2) is 6.75. The SMILES string of the molecule is CCn1c(SCc2ccccc2)nnc1-c1ccccc1F. The standard InChI is InChI=1S/C17H16FN3S/c1-2-21-16(14-10-6-7-11-15(14)18)19-20-17(21)22-12-13-8-4-3-5-9-13/h3-11H,2,12H2,1H3. The van der Waals surface area contributed by atoms with Gasteiger partial charge in [0.15, 0.2) is 11.0 Å². The first-order valence-electron chi connectivity index (χ1n) is 7.14. The predicted octanol–water partition coefficient (Wildman–Crippen LogP) is 4.40. The normalized spacial score (nSPS) is 10.8. The van der Waals surface area contributed by atoms with Crippen LogP contribution < -0.4 is 0 Å². The summed E-state index contributed by atoms with van der Waals surface area (Å²) < 4.78 is 15.9. The fourth-order valence-electron chi connectivity index (χ4n) is 2.24. The molecule has 1 aromatic heterocycles. The van der Waals surface area contributed by atoms with Crippen molar-refractivity contribution in [3.63, 3.8) is 0 Å². The summed E-state index contributed by atoms with van der Waals surface area (Å²) in [4.78, 5) is 0. The van der Waals surface area contributed by atoms with Crippen LogP contribution in [0.25, 0.3) is 11.4 Å². The molecule has 0 unspecified atom stereocenters. The fraction of sp³-hybridized carbons (Fsp3) is 0.176. The lowest BCUT2D eigenvalue weighted by molar-refractivity contribution is 0.624. The molecule has 2 aromatic carbocycles. The topological polar surface area (TPSA) is 30.7 Å². The van der Waals surface area contributed by atoms with Crippen molar-refractivity contribution in [1.82, 2.24) is 14.8 Å². The first kappa shape index (κ1) is 14.8. The summed E-state index contributed by atoms with van der Waals surface area (Å²) >= 11 is 1.61. The van der Waals surface area contributed by atoms with E-state index in [1.165, 1.54) is 11.6 Å². The van der Waals surface area contributed by atoms with E-state index in [4.69, 9.17) is 0 Å². The highest BCUT2D eigenvalue weighted by Crippen LogP contribution is 2.27. The maximum atomic E-state index is 14.0. The zero-order valence-corrected chi connectivity index (χ0v) is 13.1. The van der Waals surface area contributed by atoms with Crippen molar-refractivity contribution in [3.05, 3.63) is 66.0 Å². The smallest absolute Gasteiger partial charge is 0.191 e. The van der Waals surface area contributed by atoms with E-state index in [9.17, 15) is 4.39 Å². The molecule has 0 radical (unpaired) electrons. The van der Waals surface area contributed by atoms with Gasteiger partial charge in [-0.15, -0.1) is 10.2 Å². The van der Waals surface area contributed by atoms with E-state index in [0.29, 0.717) is 17.9 Å². The van der Waals surface area contributed by atoms with Crippen LogP contribution in [0.4, 0.5) is 4.39 Å². The van der Waals surface area contributed by atoms with E-state index >= 15 is 0 Å². The zero-order valence-electron chi connectivity index (χ0n) is 12.2. The van der Waals surface area contributed by atoms with Crippen LogP contribution in [-0.4, -0.2) is 14.8 Å². The number of aromatic nitrogens is 3. The van der Waals surface area contributed by atoms with Gasteiger partial charge in [-0.05, 0) is 24.6 Å². The lowest BCUT2D eigenvalue weighted by Gasteiger charge is -2.08. The second-order valence-electron chi connectivity index (χ2n) is 4.80. The molecule has 0 saturated carbocycles. The minimum atomic E-state index is -0.274. The molecule has 0 spiro atoms. The molecule has 0 fully saturated rings. The Labute approximate surface area is 133 Å². The van der Waals surface area contributed by atoms with Gasteiger partial charge in [0.05, 0.1) is 5.56 Å². The van der Waals surface area contributed by atoms with Gasteiger partial charge >= 0.3 is 0 Å². The second-order valence-corrected chi connectivity index (χ2v) is 5.75. The summed E-state index contributed by atoms with van der Waals surface area (Å²) in [6, 6.07) is 16.9. The van der Waals surface area contributed by atoms with Crippen LogP contribution in [0.5, 0.6) is 0 Å². The summed E-state index contributed by atoms with van der Waals surface area (Å²) in [6.45, 7) is 2.72. The Morgan fingerprint density at radius 2 is 1.73 bits per heavy atom. The van der Waals surface area contributed by atoms with Crippen LogP contribution in [0.2, 0.25) is 0 Å². The number of thioether (sulfide) groups is 1. The number of hydrogen-bond acceptors (Lipinski definition) is 3. The molecule has 0 aliphatic carbocycles. The molecule has 3 rings (SSSR count). The maximum Gasteiger partial charge on any atom is 0.191 e. The minimum absolute atomic E-state index is 0.274. The Bertz CT molecular complexity index is 756. The average Bonchev–Trinajstić information content (AvgIpc) is 2.97. The summed E-state index contributed by atoms with van der Waals surface area (Å²) in [6.07, 6.45) is 0. The number of benzene rings is 2. The van der Waals surface area contributed by atoms with E-state index in [-0.39, 0.29) is 5.82 Å². The number of rotatable bonds is 5. The molecule has 0 aliphatic rings. The molecule has 3 nitrogen and oxygen atoms in total. The first-order chi connectivity index (χ1) is 10.8. The third kappa shape index (κ3) is 3.04. The van der Waals surface area contributed by atoms with Gasteiger partial charge in [-0.2, -0.15) is 0 Å². The number of nitrogens with zero attached hydrogens (tertiary/aromatic N) is 3. The summed E-state index contributed by atoms with van der Waals surface area (Å²) in [7, 11) is 0. The van der Waals surface area contributed by atoms with E-state index in [0.717, 1.165) is 10.9 Å². The van der Waals surface area contributed by atoms with Crippen molar-refractivity contribution in [2.24, 2.45) is 0 Å². The Balaban J connectivity index is 1.86. The maximum absolute atomic E-state index is 14.0. The molecule has 0 aliphatic heterocycles.